The highest BCUT2D eigenvalue weighted by atomic mass is 32.1. The van der Waals surface area contributed by atoms with Crippen molar-refractivity contribution in [1.29, 1.82) is 0 Å². The third kappa shape index (κ3) is 4.61. The van der Waals surface area contributed by atoms with Crippen molar-refractivity contribution in [3.05, 3.63) is 53.4 Å². The average Bonchev–Trinajstić information content (AvgIpc) is 3.15. The van der Waals surface area contributed by atoms with Gasteiger partial charge in [-0.2, -0.15) is 0 Å². The van der Waals surface area contributed by atoms with Gasteiger partial charge in [0.15, 0.2) is 16.6 Å². The van der Waals surface area contributed by atoms with Gasteiger partial charge in [-0.05, 0) is 56.3 Å². The van der Waals surface area contributed by atoms with E-state index in [1.807, 2.05) is 43.5 Å². The van der Waals surface area contributed by atoms with Crippen molar-refractivity contribution >= 4 is 22.4 Å². The number of benzene rings is 2. The van der Waals surface area contributed by atoms with Crippen LogP contribution in [0.1, 0.15) is 24.2 Å². The van der Waals surface area contributed by atoms with E-state index < -0.39 is 0 Å². The van der Waals surface area contributed by atoms with Crippen molar-refractivity contribution < 1.29 is 19.0 Å². The molecular formula is C21H22N2O4S. The maximum atomic E-state index is 12.5. The van der Waals surface area contributed by atoms with Gasteiger partial charge < -0.3 is 14.2 Å². The number of carbonyl (C=O) groups is 1. The fourth-order valence-corrected chi connectivity index (χ4v) is 3.30. The van der Waals surface area contributed by atoms with Crippen molar-refractivity contribution in [2.24, 2.45) is 0 Å². The summed E-state index contributed by atoms with van der Waals surface area (Å²) < 4.78 is 16.1. The van der Waals surface area contributed by atoms with Gasteiger partial charge in [-0.1, -0.05) is 0 Å². The second-order valence-corrected chi connectivity index (χ2v) is 7.11. The highest BCUT2D eigenvalue weighted by Crippen LogP contribution is 2.29. The summed E-state index contributed by atoms with van der Waals surface area (Å²) in [7, 11) is 3.08. The summed E-state index contributed by atoms with van der Waals surface area (Å²) >= 11 is 1.37. The number of anilines is 1. The Balaban J connectivity index is 1.71. The van der Waals surface area contributed by atoms with Crippen LogP contribution in [0.2, 0.25) is 0 Å². The molecule has 0 fully saturated rings. The predicted molar refractivity (Wildman–Crippen MR) is 111 cm³/mol. The molecule has 146 valence electrons. The van der Waals surface area contributed by atoms with Crippen molar-refractivity contribution in [1.82, 2.24) is 4.98 Å². The molecule has 2 aromatic carbocycles. The van der Waals surface area contributed by atoms with Crippen molar-refractivity contribution in [2.45, 2.75) is 20.0 Å². The van der Waals surface area contributed by atoms with Gasteiger partial charge in [-0.15, -0.1) is 11.3 Å². The summed E-state index contributed by atoms with van der Waals surface area (Å²) in [4.78, 5) is 17.0. The number of ether oxygens (including phenoxy) is 3. The Hall–Kier alpha value is -3.06. The summed E-state index contributed by atoms with van der Waals surface area (Å²) in [6.07, 6.45) is 0.128. The lowest BCUT2D eigenvalue weighted by atomic mass is 10.2. The molecule has 1 aromatic heterocycles. The topological polar surface area (TPSA) is 69.7 Å². The fourth-order valence-electron chi connectivity index (χ4n) is 2.59. The molecule has 0 unspecified atom stereocenters. The van der Waals surface area contributed by atoms with E-state index in [0.717, 1.165) is 17.0 Å². The van der Waals surface area contributed by atoms with Crippen molar-refractivity contribution in [3.63, 3.8) is 0 Å². The molecule has 28 heavy (non-hydrogen) atoms. The second-order valence-electron chi connectivity index (χ2n) is 6.25. The number of nitrogens with zero attached hydrogens (tertiary/aromatic N) is 1. The number of carbonyl (C=O) groups excluding carboxylic acids is 1. The molecule has 0 aliphatic rings. The molecule has 0 saturated heterocycles. The van der Waals surface area contributed by atoms with Gasteiger partial charge in [0.1, 0.15) is 5.75 Å². The zero-order valence-corrected chi connectivity index (χ0v) is 17.0. The Morgan fingerprint density at radius 3 is 2.39 bits per heavy atom. The Bertz CT molecular complexity index is 951. The summed E-state index contributed by atoms with van der Waals surface area (Å²) in [6.45, 7) is 3.98. The van der Waals surface area contributed by atoms with Crippen LogP contribution in [0.25, 0.3) is 11.3 Å². The van der Waals surface area contributed by atoms with E-state index in [0.29, 0.717) is 22.2 Å². The Morgan fingerprint density at radius 1 is 1.04 bits per heavy atom. The van der Waals surface area contributed by atoms with Crippen LogP contribution in [0.5, 0.6) is 17.2 Å². The average molecular weight is 398 g/mol. The Kier molecular flexibility index (Phi) is 6.16. The van der Waals surface area contributed by atoms with Crippen LogP contribution in [0.4, 0.5) is 5.13 Å². The zero-order valence-electron chi connectivity index (χ0n) is 16.2. The SMILES string of the molecule is COc1ccc(C(=O)Nc2nc(-c3ccc(OC(C)C)cc3)cs2)cc1OC. The number of methoxy groups -OCH3 is 2. The highest BCUT2D eigenvalue weighted by Gasteiger charge is 2.13. The monoisotopic (exact) mass is 398 g/mol. The number of rotatable bonds is 7. The molecule has 0 spiro atoms. The largest absolute Gasteiger partial charge is 0.493 e. The molecule has 0 radical (unpaired) electrons. The molecule has 3 aromatic rings. The molecular weight excluding hydrogens is 376 g/mol. The molecule has 0 atom stereocenters. The summed E-state index contributed by atoms with van der Waals surface area (Å²) in [5.74, 6) is 1.62. The van der Waals surface area contributed by atoms with E-state index in [1.165, 1.54) is 18.4 Å². The number of thiazole rings is 1. The van der Waals surface area contributed by atoms with Gasteiger partial charge in [0.05, 0.1) is 26.0 Å². The van der Waals surface area contributed by atoms with Crippen LogP contribution < -0.4 is 19.5 Å². The van der Waals surface area contributed by atoms with Crippen molar-refractivity contribution in [3.8, 4) is 28.5 Å². The molecule has 1 N–H and O–H groups in total. The predicted octanol–water partition coefficient (Wildman–Crippen LogP) is 4.87. The van der Waals surface area contributed by atoms with Crippen LogP contribution >= 0.6 is 11.3 Å². The Morgan fingerprint density at radius 2 is 1.75 bits per heavy atom. The van der Waals surface area contributed by atoms with E-state index >= 15 is 0 Å². The van der Waals surface area contributed by atoms with Gasteiger partial charge in [-0.3, -0.25) is 10.1 Å². The lowest BCUT2D eigenvalue weighted by Crippen LogP contribution is -2.12. The number of hydrogen-bond donors (Lipinski definition) is 1. The lowest BCUT2D eigenvalue weighted by Gasteiger charge is -2.09. The maximum Gasteiger partial charge on any atom is 0.257 e. The van der Waals surface area contributed by atoms with Crippen LogP contribution in [0.15, 0.2) is 47.8 Å². The minimum Gasteiger partial charge on any atom is -0.493 e. The van der Waals surface area contributed by atoms with Gasteiger partial charge in [0.2, 0.25) is 0 Å². The molecule has 1 amide bonds. The van der Waals surface area contributed by atoms with Crippen LogP contribution in [0, 0.1) is 0 Å². The van der Waals surface area contributed by atoms with Gasteiger partial charge in [0.25, 0.3) is 5.91 Å². The second kappa shape index (κ2) is 8.75. The fraction of sp³-hybridized carbons (Fsp3) is 0.238. The van der Waals surface area contributed by atoms with E-state index in [4.69, 9.17) is 14.2 Å². The smallest absolute Gasteiger partial charge is 0.257 e. The summed E-state index contributed by atoms with van der Waals surface area (Å²) in [5.41, 5.74) is 2.22. The first-order valence-corrected chi connectivity index (χ1v) is 9.64. The number of hydrogen-bond acceptors (Lipinski definition) is 6. The zero-order chi connectivity index (χ0) is 20.1. The first kappa shape index (κ1) is 19.7. The van der Waals surface area contributed by atoms with Gasteiger partial charge >= 0.3 is 0 Å². The van der Waals surface area contributed by atoms with Crippen LogP contribution in [-0.2, 0) is 0 Å². The van der Waals surface area contributed by atoms with E-state index in [-0.39, 0.29) is 12.0 Å². The first-order valence-electron chi connectivity index (χ1n) is 8.76. The molecule has 6 nitrogen and oxygen atoms in total. The third-order valence-corrected chi connectivity index (χ3v) is 4.65. The summed E-state index contributed by atoms with van der Waals surface area (Å²) in [5, 5.41) is 5.25. The highest BCUT2D eigenvalue weighted by molar-refractivity contribution is 7.14. The maximum absolute atomic E-state index is 12.5. The molecule has 0 aliphatic carbocycles. The number of aromatic nitrogens is 1. The molecule has 7 heteroatoms. The normalized spacial score (nSPS) is 10.6. The number of nitrogens with one attached hydrogen (secondary N) is 1. The third-order valence-electron chi connectivity index (χ3n) is 3.89. The molecule has 0 aliphatic heterocycles. The lowest BCUT2D eigenvalue weighted by molar-refractivity contribution is 0.102. The van der Waals surface area contributed by atoms with E-state index in [2.05, 4.69) is 10.3 Å². The van der Waals surface area contributed by atoms with Gasteiger partial charge in [-0.25, -0.2) is 4.98 Å². The van der Waals surface area contributed by atoms with E-state index in [9.17, 15) is 4.79 Å². The summed E-state index contributed by atoms with van der Waals surface area (Å²) in [6, 6.07) is 12.7. The van der Waals surface area contributed by atoms with Crippen LogP contribution in [0.3, 0.4) is 0 Å². The molecule has 1 heterocycles. The minimum atomic E-state index is -0.262. The van der Waals surface area contributed by atoms with Crippen molar-refractivity contribution in [2.75, 3.05) is 19.5 Å². The van der Waals surface area contributed by atoms with Gasteiger partial charge in [0, 0.05) is 16.5 Å². The molecule has 0 saturated carbocycles. The number of amides is 1. The first-order chi connectivity index (χ1) is 13.5. The minimum absolute atomic E-state index is 0.128. The molecule has 3 rings (SSSR count). The molecule has 0 bridgehead atoms. The Labute approximate surface area is 168 Å². The van der Waals surface area contributed by atoms with E-state index in [1.54, 1.807) is 25.3 Å². The standard InChI is InChI=1S/C21H22N2O4S/c1-13(2)27-16-8-5-14(6-9-16)17-12-28-21(22-17)23-20(24)15-7-10-18(25-3)19(11-15)26-4/h5-13H,1-4H3,(H,22,23,24). The van der Waals surface area contributed by atoms with Crippen LogP contribution in [-0.4, -0.2) is 31.2 Å². The quantitative estimate of drug-likeness (QED) is 0.615.